The molecule has 0 amide bonds. The summed E-state index contributed by atoms with van der Waals surface area (Å²) in [5.41, 5.74) is 2.67. The lowest BCUT2D eigenvalue weighted by molar-refractivity contribution is -0.118. The molecule has 2 aliphatic rings. The minimum absolute atomic E-state index is 0.0677. The predicted octanol–water partition coefficient (Wildman–Crippen LogP) is 5.87. The van der Waals surface area contributed by atoms with E-state index < -0.39 is 0 Å². The first-order valence-corrected chi connectivity index (χ1v) is 11.6. The van der Waals surface area contributed by atoms with Gasteiger partial charge in [0.25, 0.3) is 0 Å². The number of hydrogen-bond donors (Lipinski definition) is 1. The van der Waals surface area contributed by atoms with Gasteiger partial charge in [-0.2, -0.15) is 4.98 Å². The lowest BCUT2D eigenvalue weighted by atomic mass is 9.73. The number of hydrogen-bond acceptors (Lipinski definition) is 5. The van der Waals surface area contributed by atoms with Crippen LogP contribution in [0.25, 0.3) is 0 Å². The molecule has 4 rings (SSSR count). The number of aromatic nitrogens is 3. The number of carbonyl (C=O) groups is 1. The molecule has 0 spiro atoms. The third kappa shape index (κ3) is 4.24. The molecule has 7 heteroatoms. The highest BCUT2D eigenvalue weighted by Crippen LogP contribution is 2.45. The molecular formula is C22H27ClN4OS. The zero-order valence-electron chi connectivity index (χ0n) is 17.2. The van der Waals surface area contributed by atoms with Crippen LogP contribution < -0.4 is 5.32 Å². The maximum Gasteiger partial charge on any atom is 0.227 e. The van der Waals surface area contributed by atoms with Crippen LogP contribution in [0.2, 0.25) is 5.02 Å². The Morgan fingerprint density at radius 1 is 1.31 bits per heavy atom. The van der Waals surface area contributed by atoms with Crippen molar-refractivity contribution in [1.29, 1.82) is 0 Å². The van der Waals surface area contributed by atoms with Crippen LogP contribution in [0.1, 0.15) is 64.5 Å². The van der Waals surface area contributed by atoms with E-state index in [1.165, 1.54) is 12.8 Å². The quantitative estimate of drug-likeness (QED) is 0.458. The van der Waals surface area contributed by atoms with Gasteiger partial charge in [0.15, 0.2) is 5.78 Å². The lowest BCUT2D eigenvalue weighted by Crippen LogP contribution is -2.36. The van der Waals surface area contributed by atoms with Gasteiger partial charge in [0.1, 0.15) is 6.04 Å². The van der Waals surface area contributed by atoms with Crippen LogP contribution in [0.5, 0.6) is 0 Å². The monoisotopic (exact) mass is 430 g/mol. The van der Waals surface area contributed by atoms with E-state index in [9.17, 15) is 4.79 Å². The number of thioether (sulfide) groups is 1. The fraction of sp³-hybridized carbons (Fsp3) is 0.500. The van der Waals surface area contributed by atoms with Gasteiger partial charge in [-0.15, -0.1) is 5.10 Å². The molecule has 1 atom stereocenters. The molecule has 0 bridgehead atoms. The van der Waals surface area contributed by atoms with Gasteiger partial charge in [0.05, 0.1) is 0 Å². The molecule has 2 heterocycles. The van der Waals surface area contributed by atoms with Crippen molar-refractivity contribution in [1.82, 2.24) is 14.8 Å². The molecule has 0 fully saturated rings. The van der Waals surface area contributed by atoms with Crippen molar-refractivity contribution in [3.05, 3.63) is 46.1 Å². The van der Waals surface area contributed by atoms with Crippen LogP contribution in [-0.4, -0.2) is 26.3 Å². The summed E-state index contributed by atoms with van der Waals surface area (Å²) in [6.45, 7) is 6.48. The van der Waals surface area contributed by atoms with E-state index in [1.54, 1.807) is 11.8 Å². The number of unbranched alkanes of at least 4 members (excludes halogenated alkanes) is 2. The number of halogens is 1. The van der Waals surface area contributed by atoms with Crippen LogP contribution in [0.15, 0.2) is 40.7 Å². The van der Waals surface area contributed by atoms with Crippen LogP contribution >= 0.6 is 23.4 Å². The molecule has 0 unspecified atom stereocenters. The molecule has 1 aromatic carbocycles. The van der Waals surface area contributed by atoms with Gasteiger partial charge in [0, 0.05) is 28.5 Å². The SMILES string of the molecule is CCCCCSc1nc2n(n1)[C@H](c1cccc(Cl)c1)C1=C(CC(C)(C)CC1=O)N2. The number of carbonyl (C=O) groups excluding carboxylic acids is 1. The molecule has 0 saturated carbocycles. The Kier molecular flexibility index (Phi) is 5.76. The zero-order chi connectivity index (χ0) is 20.6. The summed E-state index contributed by atoms with van der Waals surface area (Å²) in [6, 6.07) is 7.42. The van der Waals surface area contributed by atoms with Gasteiger partial charge in [-0.05, 0) is 36.0 Å². The molecular weight excluding hydrogens is 404 g/mol. The van der Waals surface area contributed by atoms with Crippen molar-refractivity contribution in [2.24, 2.45) is 5.41 Å². The van der Waals surface area contributed by atoms with E-state index in [0.29, 0.717) is 17.4 Å². The number of nitrogens with one attached hydrogen (secondary N) is 1. The highest BCUT2D eigenvalue weighted by atomic mass is 35.5. The summed E-state index contributed by atoms with van der Waals surface area (Å²) in [6.07, 6.45) is 4.91. The number of fused-ring (bicyclic) bond motifs is 1. The Morgan fingerprint density at radius 3 is 2.90 bits per heavy atom. The normalized spacial score (nSPS) is 20.3. The van der Waals surface area contributed by atoms with Crippen molar-refractivity contribution in [3.8, 4) is 0 Å². The van der Waals surface area contributed by atoms with Gasteiger partial charge in [-0.1, -0.05) is 69.1 Å². The molecule has 1 N–H and O–H groups in total. The third-order valence-corrected chi connectivity index (χ3v) is 6.61. The first-order chi connectivity index (χ1) is 13.9. The van der Waals surface area contributed by atoms with Crippen LogP contribution in [0, 0.1) is 5.41 Å². The molecule has 0 saturated heterocycles. The maximum absolute atomic E-state index is 13.2. The molecule has 1 aliphatic heterocycles. The topological polar surface area (TPSA) is 59.8 Å². The van der Waals surface area contributed by atoms with E-state index >= 15 is 0 Å². The number of benzene rings is 1. The van der Waals surface area contributed by atoms with Crippen LogP contribution in [0.4, 0.5) is 5.95 Å². The minimum Gasteiger partial charge on any atom is -0.328 e. The second kappa shape index (κ2) is 8.15. The lowest BCUT2D eigenvalue weighted by Gasteiger charge is -2.38. The molecule has 1 aliphatic carbocycles. The van der Waals surface area contributed by atoms with Crippen molar-refractivity contribution in [3.63, 3.8) is 0 Å². The van der Waals surface area contributed by atoms with Crippen molar-refractivity contribution in [2.75, 3.05) is 11.1 Å². The number of allylic oxidation sites excluding steroid dienone is 2. The van der Waals surface area contributed by atoms with Crippen molar-refractivity contribution >= 4 is 35.1 Å². The van der Waals surface area contributed by atoms with Gasteiger partial charge in [-0.25, -0.2) is 4.68 Å². The summed E-state index contributed by atoms with van der Waals surface area (Å²) >= 11 is 7.96. The maximum atomic E-state index is 13.2. The van der Waals surface area contributed by atoms with E-state index in [0.717, 1.165) is 40.6 Å². The fourth-order valence-electron chi connectivity index (χ4n) is 4.15. The number of anilines is 1. The van der Waals surface area contributed by atoms with E-state index in [4.69, 9.17) is 21.7 Å². The Balaban J connectivity index is 1.74. The molecule has 5 nitrogen and oxygen atoms in total. The fourth-order valence-corrected chi connectivity index (χ4v) is 5.18. The first-order valence-electron chi connectivity index (χ1n) is 10.3. The summed E-state index contributed by atoms with van der Waals surface area (Å²) in [4.78, 5) is 17.9. The zero-order valence-corrected chi connectivity index (χ0v) is 18.7. The minimum atomic E-state index is -0.291. The smallest absolute Gasteiger partial charge is 0.227 e. The summed E-state index contributed by atoms with van der Waals surface area (Å²) in [7, 11) is 0. The Bertz CT molecular complexity index is 965. The van der Waals surface area contributed by atoms with Crippen LogP contribution in [0.3, 0.4) is 0 Å². The Morgan fingerprint density at radius 2 is 2.14 bits per heavy atom. The molecule has 0 radical (unpaired) electrons. The van der Waals surface area contributed by atoms with Gasteiger partial charge in [-0.3, -0.25) is 4.79 Å². The highest BCUT2D eigenvalue weighted by Gasteiger charge is 2.41. The molecule has 154 valence electrons. The molecule has 2 aromatic rings. The van der Waals surface area contributed by atoms with Gasteiger partial charge in [0.2, 0.25) is 11.1 Å². The standard InChI is InChI=1S/C22H27ClN4OS/c1-4-5-6-10-29-21-25-20-24-16-12-22(2,3)13-17(28)18(16)19(27(20)26-21)14-8-7-9-15(23)11-14/h7-9,11,19H,4-6,10,12-13H2,1-3H3,(H,24,25,26)/t19-/m1/s1. The second-order valence-electron chi connectivity index (χ2n) is 8.63. The predicted molar refractivity (Wildman–Crippen MR) is 119 cm³/mol. The number of rotatable bonds is 6. The van der Waals surface area contributed by atoms with E-state index in [-0.39, 0.29) is 17.2 Å². The largest absolute Gasteiger partial charge is 0.328 e. The molecule has 29 heavy (non-hydrogen) atoms. The Hall–Kier alpha value is -1.79. The summed E-state index contributed by atoms with van der Waals surface area (Å²) in [5.74, 6) is 1.88. The van der Waals surface area contributed by atoms with Gasteiger partial charge >= 0.3 is 0 Å². The first kappa shape index (κ1) is 20.5. The Labute approximate surface area is 181 Å². The van der Waals surface area contributed by atoms with Crippen molar-refractivity contribution in [2.45, 2.75) is 64.1 Å². The number of nitrogens with zero attached hydrogens (tertiary/aromatic N) is 3. The van der Waals surface area contributed by atoms with Crippen LogP contribution in [-0.2, 0) is 4.79 Å². The highest BCUT2D eigenvalue weighted by molar-refractivity contribution is 7.99. The average Bonchev–Trinajstić information content (AvgIpc) is 3.05. The average molecular weight is 431 g/mol. The van der Waals surface area contributed by atoms with E-state index in [1.807, 2.05) is 28.9 Å². The number of Topliss-reactive ketones (excluding diaryl/α,β-unsaturated/α-hetero) is 1. The third-order valence-electron chi connectivity index (χ3n) is 5.46. The van der Waals surface area contributed by atoms with Gasteiger partial charge < -0.3 is 5.32 Å². The van der Waals surface area contributed by atoms with E-state index in [2.05, 4.69) is 26.1 Å². The summed E-state index contributed by atoms with van der Waals surface area (Å²) < 4.78 is 1.86. The number of ketones is 1. The van der Waals surface area contributed by atoms with Crippen molar-refractivity contribution < 1.29 is 4.79 Å². The summed E-state index contributed by atoms with van der Waals surface area (Å²) in [5, 5.41) is 9.60. The molecule has 1 aromatic heterocycles. The second-order valence-corrected chi connectivity index (χ2v) is 10.1.